The van der Waals surface area contributed by atoms with Gasteiger partial charge in [-0.2, -0.15) is 4.98 Å². The normalized spacial score (nSPS) is 12.4. The van der Waals surface area contributed by atoms with Crippen LogP contribution in [0.5, 0.6) is 11.5 Å². The Labute approximate surface area is 104 Å². The second kappa shape index (κ2) is 5.05. The Hall–Kier alpha value is -2.08. The van der Waals surface area contributed by atoms with E-state index in [-0.39, 0.29) is 11.8 Å². The molecule has 0 fully saturated rings. The van der Waals surface area contributed by atoms with E-state index in [0.29, 0.717) is 29.4 Å². The molecule has 1 atom stereocenters. The van der Waals surface area contributed by atoms with Crippen molar-refractivity contribution < 1.29 is 14.4 Å². The number of phenols is 1. The third-order valence-corrected chi connectivity index (χ3v) is 2.40. The highest BCUT2D eigenvalue weighted by Crippen LogP contribution is 2.30. The van der Waals surface area contributed by atoms with Gasteiger partial charge in [-0.1, -0.05) is 5.16 Å². The summed E-state index contributed by atoms with van der Waals surface area (Å²) in [4.78, 5) is 4.23. The number of ether oxygens (including phenoxy) is 1. The minimum atomic E-state index is -0.0346. The van der Waals surface area contributed by atoms with Crippen LogP contribution in [0.1, 0.15) is 12.8 Å². The zero-order valence-corrected chi connectivity index (χ0v) is 10.3. The molecule has 1 aromatic heterocycles. The topological polar surface area (TPSA) is 94.4 Å². The SMILES string of the molecule is COc1cc(-c2noc(CC(C)N)n2)ccc1O. The zero-order valence-electron chi connectivity index (χ0n) is 10.3. The third kappa shape index (κ3) is 2.60. The molecule has 1 heterocycles. The van der Waals surface area contributed by atoms with Gasteiger partial charge in [0.05, 0.1) is 7.11 Å². The molecule has 3 N–H and O–H groups in total. The molecular weight excluding hydrogens is 234 g/mol. The van der Waals surface area contributed by atoms with Gasteiger partial charge in [-0.25, -0.2) is 0 Å². The summed E-state index contributed by atoms with van der Waals surface area (Å²) in [5.41, 5.74) is 6.37. The number of methoxy groups -OCH3 is 1. The Balaban J connectivity index is 2.28. The summed E-state index contributed by atoms with van der Waals surface area (Å²) in [5.74, 6) is 1.38. The summed E-state index contributed by atoms with van der Waals surface area (Å²) in [5, 5.41) is 13.4. The predicted octanol–water partition coefficient (Wildman–Crippen LogP) is 1.34. The zero-order chi connectivity index (χ0) is 13.1. The van der Waals surface area contributed by atoms with Gasteiger partial charge in [0.1, 0.15) is 0 Å². The summed E-state index contributed by atoms with van der Waals surface area (Å²) in [6, 6.07) is 4.83. The van der Waals surface area contributed by atoms with Gasteiger partial charge in [-0.05, 0) is 25.1 Å². The second-order valence-electron chi connectivity index (χ2n) is 4.08. The van der Waals surface area contributed by atoms with Gasteiger partial charge < -0.3 is 20.1 Å². The van der Waals surface area contributed by atoms with E-state index in [2.05, 4.69) is 10.1 Å². The lowest BCUT2D eigenvalue weighted by Gasteiger charge is -2.03. The first-order valence-electron chi connectivity index (χ1n) is 5.55. The molecule has 2 aromatic rings. The molecule has 0 bridgehead atoms. The van der Waals surface area contributed by atoms with Crippen molar-refractivity contribution in [2.24, 2.45) is 5.73 Å². The quantitative estimate of drug-likeness (QED) is 0.849. The number of rotatable bonds is 4. The maximum absolute atomic E-state index is 9.50. The number of phenolic OH excluding ortho intramolecular Hbond substituents is 1. The van der Waals surface area contributed by atoms with Gasteiger partial charge in [-0.3, -0.25) is 0 Å². The predicted molar refractivity (Wildman–Crippen MR) is 65.3 cm³/mol. The van der Waals surface area contributed by atoms with Crippen molar-refractivity contribution in [3.8, 4) is 22.9 Å². The van der Waals surface area contributed by atoms with Crippen molar-refractivity contribution in [3.05, 3.63) is 24.1 Å². The van der Waals surface area contributed by atoms with Crippen molar-refractivity contribution in [1.82, 2.24) is 10.1 Å². The lowest BCUT2D eigenvalue weighted by molar-refractivity contribution is 0.370. The van der Waals surface area contributed by atoms with E-state index in [1.165, 1.54) is 13.2 Å². The minimum absolute atomic E-state index is 0.0346. The number of aromatic hydroxyl groups is 1. The van der Waals surface area contributed by atoms with Crippen LogP contribution >= 0.6 is 0 Å². The van der Waals surface area contributed by atoms with Gasteiger partial charge in [0.15, 0.2) is 11.5 Å². The monoisotopic (exact) mass is 249 g/mol. The highest BCUT2D eigenvalue weighted by Gasteiger charge is 2.12. The van der Waals surface area contributed by atoms with Crippen molar-refractivity contribution >= 4 is 0 Å². The molecule has 0 aliphatic carbocycles. The maximum Gasteiger partial charge on any atom is 0.228 e. The summed E-state index contributed by atoms with van der Waals surface area (Å²) in [6.07, 6.45) is 0.530. The van der Waals surface area contributed by atoms with E-state index in [1.807, 2.05) is 6.92 Å². The van der Waals surface area contributed by atoms with Crippen LogP contribution in [0.15, 0.2) is 22.7 Å². The molecule has 96 valence electrons. The number of aromatic nitrogens is 2. The average molecular weight is 249 g/mol. The maximum atomic E-state index is 9.50. The Kier molecular flexibility index (Phi) is 3.47. The van der Waals surface area contributed by atoms with Crippen LogP contribution in [0.2, 0.25) is 0 Å². The first-order chi connectivity index (χ1) is 8.60. The molecule has 0 saturated heterocycles. The summed E-state index contributed by atoms with van der Waals surface area (Å²) in [6.45, 7) is 1.87. The van der Waals surface area contributed by atoms with Gasteiger partial charge in [0.2, 0.25) is 11.7 Å². The smallest absolute Gasteiger partial charge is 0.228 e. The minimum Gasteiger partial charge on any atom is -0.504 e. The fourth-order valence-corrected chi connectivity index (χ4v) is 1.55. The molecular formula is C12H15N3O3. The summed E-state index contributed by atoms with van der Waals surface area (Å²) < 4.78 is 10.1. The van der Waals surface area contributed by atoms with Crippen LogP contribution in [-0.2, 0) is 6.42 Å². The Morgan fingerprint density at radius 1 is 1.50 bits per heavy atom. The number of nitrogens with zero attached hydrogens (tertiary/aromatic N) is 2. The molecule has 6 nitrogen and oxygen atoms in total. The Bertz CT molecular complexity index is 537. The van der Waals surface area contributed by atoms with E-state index in [9.17, 15) is 5.11 Å². The summed E-state index contributed by atoms with van der Waals surface area (Å²) >= 11 is 0. The molecule has 0 aliphatic heterocycles. The standard InChI is InChI=1S/C12H15N3O3/c1-7(13)5-11-14-12(15-18-11)8-3-4-9(16)10(6-8)17-2/h3-4,6-7,16H,5,13H2,1-2H3. The van der Waals surface area contributed by atoms with Crippen LogP contribution < -0.4 is 10.5 Å². The molecule has 1 unspecified atom stereocenters. The van der Waals surface area contributed by atoms with E-state index in [1.54, 1.807) is 12.1 Å². The molecule has 0 saturated carbocycles. The number of nitrogens with two attached hydrogens (primary N) is 1. The first-order valence-corrected chi connectivity index (χ1v) is 5.55. The van der Waals surface area contributed by atoms with Gasteiger partial charge in [0.25, 0.3) is 0 Å². The molecule has 6 heteroatoms. The Morgan fingerprint density at radius 2 is 2.28 bits per heavy atom. The molecule has 0 spiro atoms. The van der Waals surface area contributed by atoms with Crippen LogP contribution in [0.3, 0.4) is 0 Å². The summed E-state index contributed by atoms with van der Waals surface area (Å²) in [7, 11) is 1.48. The fourth-order valence-electron chi connectivity index (χ4n) is 1.55. The van der Waals surface area contributed by atoms with E-state index >= 15 is 0 Å². The molecule has 1 aromatic carbocycles. The van der Waals surface area contributed by atoms with Gasteiger partial charge >= 0.3 is 0 Å². The third-order valence-electron chi connectivity index (χ3n) is 2.40. The van der Waals surface area contributed by atoms with E-state index in [4.69, 9.17) is 15.0 Å². The number of benzene rings is 1. The highest BCUT2D eigenvalue weighted by molar-refractivity contribution is 5.60. The van der Waals surface area contributed by atoms with Crippen LogP contribution in [-0.4, -0.2) is 28.4 Å². The van der Waals surface area contributed by atoms with Gasteiger partial charge in [0, 0.05) is 18.0 Å². The molecule has 0 amide bonds. The van der Waals surface area contributed by atoms with E-state index in [0.717, 1.165) is 0 Å². The second-order valence-corrected chi connectivity index (χ2v) is 4.08. The molecule has 18 heavy (non-hydrogen) atoms. The van der Waals surface area contributed by atoms with E-state index < -0.39 is 0 Å². The van der Waals surface area contributed by atoms with Gasteiger partial charge in [-0.15, -0.1) is 0 Å². The lowest BCUT2D eigenvalue weighted by Crippen LogP contribution is -2.17. The molecule has 0 radical (unpaired) electrons. The average Bonchev–Trinajstić information content (AvgIpc) is 2.77. The molecule has 0 aliphatic rings. The lowest BCUT2D eigenvalue weighted by atomic mass is 10.2. The van der Waals surface area contributed by atoms with Crippen LogP contribution in [0, 0.1) is 0 Å². The van der Waals surface area contributed by atoms with Crippen molar-refractivity contribution in [1.29, 1.82) is 0 Å². The molecule has 2 rings (SSSR count). The van der Waals surface area contributed by atoms with Crippen LogP contribution in [0.25, 0.3) is 11.4 Å². The van der Waals surface area contributed by atoms with Crippen molar-refractivity contribution in [2.45, 2.75) is 19.4 Å². The number of hydrogen-bond donors (Lipinski definition) is 2. The van der Waals surface area contributed by atoms with Crippen LogP contribution in [0.4, 0.5) is 0 Å². The first kappa shape index (κ1) is 12.4. The van der Waals surface area contributed by atoms with Crippen molar-refractivity contribution in [3.63, 3.8) is 0 Å². The number of hydrogen-bond acceptors (Lipinski definition) is 6. The highest BCUT2D eigenvalue weighted by atomic mass is 16.5. The fraction of sp³-hybridized carbons (Fsp3) is 0.333. The largest absolute Gasteiger partial charge is 0.504 e. The Morgan fingerprint density at radius 3 is 2.94 bits per heavy atom. The van der Waals surface area contributed by atoms with Crippen molar-refractivity contribution in [2.75, 3.05) is 7.11 Å².